The van der Waals surface area contributed by atoms with Gasteiger partial charge in [-0.25, -0.2) is 13.1 Å². The molecule has 0 amide bonds. The molecule has 0 aliphatic rings. The van der Waals surface area contributed by atoms with Gasteiger partial charge in [0, 0.05) is 6.04 Å². The second-order valence-electron chi connectivity index (χ2n) is 5.49. The Hall–Kier alpha value is -1.11. The van der Waals surface area contributed by atoms with E-state index in [0.717, 1.165) is 5.56 Å². The molecule has 21 heavy (non-hydrogen) atoms. The summed E-state index contributed by atoms with van der Waals surface area (Å²) in [5.74, 6) is 0.976. The molecule has 0 bridgehead atoms. The minimum atomic E-state index is -3.64. The summed E-state index contributed by atoms with van der Waals surface area (Å²) in [4.78, 5) is 0.186. The molecule has 0 aliphatic heterocycles. The van der Waals surface area contributed by atoms with Crippen LogP contribution in [0.15, 0.2) is 23.1 Å². The SMILES string of the molecule is CCOc1ccc(S(=O)(=O)NC(CO)CC(C)C)cc1C. The molecule has 5 nitrogen and oxygen atoms in total. The first-order chi connectivity index (χ1) is 9.80. The monoisotopic (exact) mass is 315 g/mol. The number of hydrogen-bond donors (Lipinski definition) is 2. The molecule has 0 radical (unpaired) electrons. The fraction of sp³-hybridized carbons (Fsp3) is 0.600. The highest BCUT2D eigenvalue weighted by Crippen LogP contribution is 2.22. The number of nitrogens with one attached hydrogen (secondary N) is 1. The lowest BCUT2D eigenvalue weighted by Crippen LogP contribution is -2.38. The summed E-state index contributed by atoms with van der Waals surface area (Å²) in [5, 5.41) is 9.31. The molecule has 1 aromatic carbocycles. The van der Waals surface area contributed by atoms with E-state index in [1.165, 1.54) is 6.07 Å². The Morgan fingerprint density at radius 2 is 2.00 bits per heavy atom. The Balaban J connectivity index is 2.94. The van der Waals surface area contributed by atoms with Gasteiger partial charge in [0.1, 0.15) is 5.75 Å². The molecule has 2 N–H and O–H groups in total. The number of rotatable bonds is 8. The van der Waals surface area contributed by atoms with Crippen LogP contribution in [-0.4, -0.2) is 32.8 Å². The summed E-state index contributed by atoms with van der Waals surface area (Å²) in [6.07, 6.45) is 0.589. The largest absolute Gasteiger partial charge is 0.494 e. The van der Waals surface area contributed by atoms with E-state index in [9.17, 15) is 13.5 Å². The summed E-state index contributed by atoms with van der Waals surface area (Å²) in [6.45, 7) is 7.97. The van der Waals surface area contributed by atoms with E-state index in [1.807, 2.05) is 27.7 Å². The molecule has 0 spiro atoms. The van der Waals surface area contributed by atoms with Crippen LogP contribution < -0.4 is 9.46 Å². The first kappa shape index (κ1) is 17.9. The fourth-order valence-corrected chi connectivity index (χ4v) is 3.45. The third kappa shape index (κ3) is 5.30. The molecule has 1 unspecified atom stereocenters. The minimum Gasteiger partial charge on any atom is -0.494 e. The highest BCUT2D eigenvalue weighted by atomic mass is 32.2. The summed E-state index contributed by atoms with van der Waals surface area (Å²) in [6, 6.07) is 4.28. The number of hydrogen-bond acceptors (Lipinski definition) is 4. The van der Waals surface area contributed by atoms with Gasteiger partial charge >= 0.3 is 0 Å². The second-order valence-corrected chi connectivity index (χ2v) is 7.20. The molecule has 0 heterocycles. The molecule has 1 atom stereocenters. The summed E-state index contributed by atoms with van der Waals surface area (Å²) in [7, 11) is -3.64. The Morgan fingerprint density at radius 1 is 1.33 bits per heavy atom. The Labute approximate surface area is 127 Å². The second kappa shape index (κ2) is 7.77. The third-order valence-corrected chi connectivity index (χ3v) is 4.57. The van der Waals surface area contributed by atoms with E-state index in [4.69, 9.17) is 4.74 Å². The Bertz CT molecular complexity index is 555. The zero-order valence-corrected chi connectivity index (χ0v) is 13.9. The number of aryl methyl sites for hydroxylation is 1. The fourth-order valence-electron chi connectivity index (χ4n) is 2.12. The van der Waals surface area contributed by atoms with Crippen LogP contribution in [0.5, 0.6) is 5.75 Å². The van der Waals surface area contributed by atoms with Crippen molar-refractivity contribution in [3.05, 3.63) is 23.8 Å². The Morgan fingerprint density at radius 3 is 2.48 bits per heavy atom. The highest BCUT2D eigenvalue weighted by Gasteiger charge is 2.21. The highest BCUT2D eigenvalue weighted by molar-refractivity contribution is 7.89. The molecule has 0 fully saturated rings. The van der Waals surface area contributed by atoms with Crippen molar-refractivity contribution in [1.82, 2.24) is 4.72 Å². The molecule has 0 saturated carbocycles. The average Bonchev–Trinajstić information content (AvgIpc) is 2.39. The van der Waals surface area contributed by atoms with Crippen LogP contribution in [0, 0.1) is 12.8 Å². The van der Waals surface area contributed by atoms with Crippen LogP contribution in [0.25, 0.3) is 0 Å². The van der Waals surface area contributed by atoms with Gasteiger partial charge in [-0.15, -0.1) is 0 Å². The minimum absolute atomic E-state index is 0.186. The van der Waals surface area contributed by atoms with Crippen LogP contribution in [0.2, 0.25) is 0 Å². The molecule has 0 saturated heterocycles. The van der Waals surface area contributed by atoms with Crippen molar-refractivity contribution >= 4 is 10.0 Å². The molecule has 6 heteroatoms. The van der Waals surface area contributed by atoms with Gasteiger partial charge in [0.05, 0.1) is 18.1 Å². The number of aliphatic hydroxyl groups is 1. The molecule has 120 valence electrons. The maximum Gasteiger partial charge on any atom is 0.240 e. The van der Waals surface area contributed by atoms with Crippen LogP contribution in [0.1, 0.15) is 32.8 Å². The summed E-state index contributed by atoms with van der Waals surface area (Å²) < 4.78 is 32.6. The van der Waals surface area contributed by atoms with Crippen molar-refractivity contribution in [2.45, 2.75) is 45.1 Å². The number of ether oxygens (including phenoxy) is 1. The predicted molar refractivity (Wildman–Crippen MR) is 83.0 cm³/mol. The summed E-state index contributed by atoms with van der Waals surface area (Å²) >= 11 is 0. The zero-order valence-electron chi connectivity index (χ0n) is 13.1. The van der Waals surface area contributed by atoms with Gasteiger partial charge in [-0.2, -0.15) is 0 Å². The molecule has 0 aromatic heterocycles. The van der Waals surface area contributed by atoms with Gasteiger partial charge in [-0.1, -0.05) is 13.8 Å². The average molecular weight is 315 g/mol. The summed E-state index contributed by atoms with van der Waals surface area (Å²) in [5.41, 5.74) is 0.768. The maximum atomic E-state index is 12.3. The van der Waals surface area contributed by atoms with Gasteiger partial charge in [-0.3, -0.25) is 0 Å². The number of benzene rings is 1. The van der Waals surface area contributed by atoms with Gasteiger partial charge in [0.15, 0.2) is 0 Å². The van der Waals surface area contributed by atoms with Crippen LogP contribution in [0.3, 0.4) is 0 Å². The van der Waals surface area contributed by atoms with Crippen LogP contribution >= 0.6 is 0 Å². The normalized spacial score (nSPS) is 13.4. The van der Waals surface area contributed by atoms with Crippen molar-refractivity contribution in [3.8, 4) is 5.75 Å². The number of aliphatic hydroxyl groups excluding tert-OH is 1. The predicted octanol–water partition coefficient (Wildman–Crippen LogP) is 2.08. The lowest BCUT2D eigenvalue weighted by Gasteiger charge is -2.18. The van der Waals surface area contributed by atoms with Gasteiger partial charge in [0.25, 0.3) is 0 Å². The van der Waals surface area contributed by atoms with E-state index >= 15 is 0 Å². The molecule has 1 rings (SSSR count). The standard InChI is InChI=1S/C15H25NO4S/c1-5-20-15-7-6-14(9-12(15)4)21(18,19)16-13(10-17)8-11(2)3/h6-7,9,11,13,16-17H,5,8,10H2,1-4H3. The third-order valence-electron chi connectivity index (χ3n) is 3.05. The van der Waals surface area contributed by atoms with Crippen molar-refractivity contribution in [2.24, 2.45) is 5.92 Å². The van der Waals surface area contributed by atoms with E-state index in [1.54, 1.807) is 12.1 Å². The lowest BCUT2D eigenvalue weighted by molar-refractivity contribution is 0.240. The topological polar surface area (TPSA) is 75.6 Å². The Kier molecular flexibility index (Phi) is 6.64. The quantitative estimate of drug-likeness (QED) is 0.770. The first-order valence-electron chi connectivity index (χ1n) is 7.16. The first-order valence-corrected chi connectivity index (χ1v) is 8.65. The van der Waals surface area contributed by atoms with Crippen LogP contribution in [0.4, 0.5) is 0 Å². The van der Waals surface area contributed by atoms with E-state index in [2.05, 4.69) is 4.72 Å². The van der Waals surface area contributed by atoms with Crippen molar-refractivity contribution in [2.75, 3.05) is 13.2 Å². The van der Waals surface area contributed by atoms with Crippen molar-refractivity contribution in [1.29, 1.82) is 0 Å². The van der Waals surface area contributed by atoms with E-state index in [0.29, 0.717) is 24.7 Å². The van der Waals surface area contributed by atoms with Gasteiger partial charge in [-0.05, 0) is 49.9 Å². The smallest absolute Gasteiger partial charge is 0.240 e. The molecule has 0 aliphatic carbocycles. The van der Waals surface area contributed by atoms with E-state index < -0.39 is 16.1 Å². The van der Waals surface area contributed by atoms with Gasteiger partial charge in [0.2, 0.25) is 10.0 Å². The number of sulfonamides is 1. The molecule has 1 aromatic rings. The van der Waals surface area contributed by atoms with E-state index in [-0.39, 0.29) is 11.5 Å². The van der Waals surface area contributed by atoms with Crippen molar-refractivity contribution < 1.29 is 18.3 Å². The zero-order chi connectivity index (χ0) is 16.0. The maximum absolute atomic E-state index is 12.3. The molecular weight excluding hydrogens is 290 g/mol. The lowest BCUT2D eigenvalue weighted by atomic mass is 10.1. The van der Waals surface area contributed by atoms with Crippen molar-refractivity contribution in [3.63, 3.8) is 0 Å². The van der Waals surface area contributed by atoms with Gasteiger partial charge < -0.3 is 9.84 Å². The molecular formula is C15H25NO4S. The van der Waals surface area contributed by atoms with Crippen LogP contribution in [-0.2, 0) is 10.0 Å².